The molecule has 0 bridgehead atoms. The summed E-state index contributed by atoms with van der Waals surface area (Å²) >= 11 is 0. The van der Waals surface area contributed by atoms with Gasteiger partial charge in [0, 0.05) is 23.9 Å². The normalized spacial score (nSPS) is 12.3. The molecular weight excluding hydrogens is 232 g/mol. The van der Waals surface area contributed by atoms with Crippen LogP contribution in [0.2, 0.25) is 0 Å². The third-order valence-corrected chi connectivity index (χ3v) is 2.74. The van der Waals surface area contributed by atoms with E-state index in [0.29, 0.717) is 12.1 Å². The molecule has 0 radical (unpaired) electrons. The lowest BCUT2D eigenvalue weighted by Crippen LogP contribution is -2.13. The summed E-state index contributed by atoms with van der Waals surface area (Å²) in [7, 11) is 0. The molecule has 0 saturated carbocycles. The van der Waals surface area contributed by atoms with Crippen molar-refractivity contribution in [1.29, 1.82) is 0 Å². The number of nitrogens with two attached hydrogens (primary N) is 1. The molecule has 1 heterocycles. The molecule has 1 aromatic carbocycles. The maximum Gasteiger partial charge on any atom is 0.274 e. The maximum absolute atomic E-state index is 10.9. The molecule has 6 heteroatoms. The first-order chi connectivity index (χ1) is 8.59. The number of nitro groups is 1. The van der Waals surface area contributed by atoms with Crippen LogP contribution in [0.3, 0.4) is 0 Å². The number of imidazole rings is 1. The fourth-order valence-corrected chi connectivity index (χ4v) is 1.85. The van der Waals surface area contributed by atoms with E-state index in [1.54, 1.807) is 30.7 Å². The molecule has 1 unspecified atom stereocenters. The molecule has 2 aromatic rings. The molecule has 6 nitrogen and oxygen atoms in total. The minimum atomic E-state index is -0.377. The van der Waals surface area contributed by atoms with Gasteiger partial charge in [0.15, 0.2) is 0 Å². The zero-order chi connectivity index (χ0) is 13.1. The van der Waals surface area contributed by atoms with Crippen LogP contribution in [0.1, 0.15) is 24.2 Å². The van der Waals surface area contributed by atoms with Crippen molar-refractivity contribution in [3.8, 4) is 0 Å². The van der Waals surface area contributed by atoms with Gasteiger partial charge in [0.1, 0.15) is 0 Å². The number of hydrogen-bond acceptors (Lipinski definition) is 4. The lowest BCUT2D eigenvalue weighted by molar-refractivity contribution is -0.385. The Hall–Kier alpha value is -2.21. The third-order valence-electron chi connectivity index (χ3n) is 2.74. The van der Waals surface area contributed by atoms with Crippen molar-refractivity contribution in [2.45, 2.75) is 19.5 Å². The van der Waals surface area contributed by atoms with E-state index in [1.165, 1.54) is 6.07 Å². The van der Waals surface area contributed by atoms with Crippen LogP contribution in [0.25, 0.3) is 0 Å². The summed E-state index contributed by atoms with van der Waals surface area (Å²) in [6, 6.07) is 6.52. The van der Waals surface area contributed by atoms with E-state index in [9.17, 15) is 10.1 Å². The predicted octanol–water partition coefficient (Wildman–Crippen LogP) is 1.86. The highest BCUT2D eigenvalue weighted by molar-refractivity contribution is 5.40. The SMILES string of the molecule is CC(N)c1cncn1Cc1ccccc1[N+](=O)[O-]. The highest BCUT2D eigenvalue weighted by Gasteiger charge is 2.14. The van der Waals surface area contributed by atoms with Crippen molar-refractivity contribution in [3.05, 3.63) is 58.2 Å². The Labute approximate surface area is 104 Å². The minimum absolute atomic E-state index is 0.113. The van der Waals surface area contributed by atoms with E-state index >= 15 is 0 Å². The summed E-state index contributed by atoms with van der Waals surface area (Å²) in [5.41, 5.74) is 7.42. The second-order valence-corrected chi connectivity index (χ2v) is 4.12. The van der Waals surface area contributed by atoms with E-state index in [0.717, 1.165) is 5.69 Å². The van der Waals surface area contributed by atoms with E-state index in [1.807, 2.05) is 11.5 Å². The minimum Gasteiger partial charge on any atom is -0.328 e. The second kappa shape index (κ2) is 4.97. The summed E-state index contributed by atoms with van der Waals surface area (Å²) in [5, 5.41) is 10.9. The molecule has 0 aliphatic heterocycles. The number of para-hydroxylation sites is 1. The highest BCUT2D eigenvalue weighted by atomic mass is 16.6. The molecule has 0 saturated heterocycles. The van der Waals surface area contributed by atoms with Crippen molar-refractivity contribution in [2.75, 3.05) is 0 Å². The molecule has 0 fully saturated rings. The van der Waals surface area contributed by atoms with Crippen molar-refractivity contribution in [2.24, 2.45) is 5.73 Å². The Morgan fingerprint density at radius 1 is 1.50 bits per heavy atom. The quantitative estimate of drug-likeness (QED) is 0.658. The van der Waals surface area contributed by atoms with Crippen molar-refractivity contribution in [3.63, 3.8) is 0 Å². The molecule has 0 amide bonds. The maximum atomic E-state index is 10.9. The summed E-state index contributed by atoms with van der Waals surface area (Å²) < 4.78 is 1.83. The molecule has 2 N–H and O–H groups in total. The summed E-state index contributed by atoms with van der Waals surface area (Å²) in [4.78, 5) is 14.6. The number of nitrogens with zero attached hydrogens (tertiary/aromatic N) is 3. The average molecular weight is 246 g/mol. The number of hydrogen-bond donors (Lipinski definition) is 1. The molecule has 94 valence electrons. The Balaban J connectivity index is 2.34. The van der Waals surface area contributed by atoms with Crippen LogP contribution in [0, 0.1) is 10.1 Å². The van der Waals surface area contributed by atoms with Gasteiger partial charge in [0.05, 0.1) is 23.5 Å². The van der Waals surface area contributed by atoms with Gasteiger partial charge in [-0.1, -0.05) is 18.2 Å². The molecule has 2 rings (SSSR count). The van der Waals surface area contributed by atoms with E-state index < -0.39 is 0 Å². The van der Waals surface area contributed by atoms with Gasteiger partial charge >= 0.3 is 0 Å². The Kier molecular flexibility index (Phi) is 3.38. The summed E-state index contributed by atoms with van der Waals surface area (Å²) in [6.45, 7) is 2.25. The lowest BCUT2D eigenvalue weighted by Gasteiger charge is -2.10. The van der Waals surface area contributed by atoms with Crippen LogP contribution < -0.4 is 5.73 Å². The summed E-state index contributed by atoms with van der Waals surface area (Å²) in [6.07, 6.45) is 3.31. The zero-order valence-corrected chi connectivity index (χ0v) is 9.98. The van der Waals surface area contributed by atoms with Crippen LogP contribution in [0.5, 0.6) is 0 Å². The van der Waals surface area contributed by atoms with Gasteiger partial charge in [-0.15, -0.1) is 0 Å². The topological polar surface area (TPSA) is 87.0 Å². The fourth-order valence-electron chi connectivity index (χ4n) is 1.85. The standard InChI is InChI=1S/C12H14N4O2/c1-9(13)12-6-14-8-15(12)7-10-4-2-3-5-11(10)16(17)18/h2-6,8-9H,7,13H2,1H3. The number of aromatic nitrogens is 2. The lowest BCUT2D eigenvalue weighted by atomic mass is 10.1. The third kappa shape index (κ3) is 2.38. The van der Waals surface area contributed by atoms with Crippen molar-refractivity contribution in [1.82, 2.24) is 9.55 Å². The fraction of sp³-hybridized carbons (Fsp3) is 0.250. The number of benzene rings is 1. The van der Waals surface area contributed by atoms with Gasteiger partial charge in [-0.2, -0.15) is 0 Å². The first-order valence-corrected chi connectivity index (χ1v) is 5.57. The second-order valence-electron chi connectivity index (χ2n) is 4.12. The average Bonchev–Trinajstić information content (AvgIpc) is 2.77. The monoisotopic (exact) mass is 246 g/mol. The van der Waals surface area contributed by atoms with Gasteiger partial charge in [-0.3, -0.25) is 10.1 Å². The highest BCUT2D eigenvalue weighted by Crippen LogP contribution is 2.20. The van der Waals surface area contributed by atoms with Crippen LogP contribution in [0.4, 0.5) is 5.69 Å². The Morgan fingerprint density at radius 2 is 2.22 bits per heavy atom. The molecule has 0 spiro atoms. The van der Waals surface area contributed by atoms with Gasteiger partial charge in [0.25, 0.3) is 5.69 Å². The van der Waals surface area contributed by atoms with E-state index in [4.69, 9.17) is 5.73 Å². The molecule has 18 heavy (non-hydrogen) atoms. The van der Waals surface area contributed by atoms with Gasteiger partial charge in [0.2, 0.25) is 0 Å². The van der Waals surface area contributed by atoms with Gasteiger partial charge < -0.3 is 10.3 Å². The Bertz CT molecular complexity index is 563. The number of rotatable bonds is 4. The van der Waals surface area contributed by atoms with Crippen molar-refractivity contribution < 1.29 is 4.92 Å². The Morgan fingerprint density at radius 3 is 2.89 bits per heavy atom. The van der Waals surface area contributed by atoms with Crippen LogP contribution in [0.15, 0.2) is 36.8 Å². The van der Waals surface area contributed by atoms with E-state index in [2.05, 4.69) is 4.98 Å². The van der Waals surface area contributed by atoms with Crippen molar-refractivity contribution >= 4 is 5.69 Å². The predicted molar refractivity (Wildman–Crippen MR) is 67.0 cm³/mol. The zero-order valence-electron chi connectivity index (χ0n) is 9.98. The van der Waals surface area contributed by atoms with Crippen LogP contribution >= 0.6 is 0 Å². The first-order valence-electron chi connectivity index (χ1n) is 5.57. The van der Waals surface area contributed by atoms with E-state index in [-0.39, 0.29) is 16.7 Å². The largest absolute Gasteiger partial charge is 0.328 e. The molecule has 1 atom stereocenters. The number of nitro benzene ring substituents is 1. The van der Waals surface area contributed by atoms with Crippen LogP contribution in [-0.4, -0.2) is 14.5 Å². The molecular formula is C12H14N4O2. The molecule has 1 aromatic heterocycles. The van der Waals surface area contributed by atoms with Gasteiger partial charge in [-0.25, -0.2) is 4.98 Å². The smallest absolute Gasteiger partial charge is 0.274 e. The molecule has 0 aliphatic carbocycles. The first kappa shape index (κ1) is 12.3. The van der Waals surface area contributed by atoms with Crippen LogP contribution in [-0.2, 0) is 6.54 Å². The summed E-state index contributed by atoms with van der Waals surface area (Å²) in [5.74, 6) is 0. The van der Waals surface area contributed by atoms with Gasteiger partial charge in [-0.05, 0) is 6.92 Å². The molecule has 0 aliphatic rings.